The van der Waals surface area contributed by atoms with E-state index in [0.29, 0.717) is 13.0 Å². The topological polar surface area (TPSA) is 116 Å². The Bertz CT molecular complexity index is 281. The van der Waals surface area contributed by atoms with Crippen molar-refractivity contribution in [2.75, 3.05) is 6.54 Å². The normalized spacial score (nSPS) is 31.0. The molecule has 1 aliphatic rings. The maximum Gasteiger partial charge on any atom is 0.338 e. The van der Waals surface area contributed by atoms with Crippen LogP contribution in [0.3, 0.4) is 0 Å². The predicted molar refractivity (Wildman–Crippen MR) is 51.2 cm³/mol. The highest BCUT2D eigenvalue weighted by molar-refractivity contribution is 5.84. The zero-order chi connectivity index (χ0) is 12.3. The number of nitrogens with one attached hydrogen (secondary N) is 1. The van der Waals surface area contributed by atoms with Crippen LogP contribution in [0.25, 0.3) is 0 Å². The summed E-state index contributed by atoms with van der Waals surface area (Å²) in [6, 6.07) is 0. The number of carbonyl (C=O) groups is 2. The molecule has 0 aliphatic carbocycles. The fourth-order valence-electron chi connectivity index (χ4n) is 1.35. The van der Waals surface area contributed by atoms with Crippen molar-refractivity contribution in [1.82, 2.24) is 5.32 Å². The summed E-state index contributed by atoms with van der Waals surface area (Å²) in [6.07, 6.45) is -5.70. The van der Waals surface area contributed by atoms with Crippen LogP contribution < -0.4 is 5.32 Å². The van der Waals surface area contributed by atoms with E-state index < -0.39 is 36.3 Å². The maximum atomic E-state index is 11.3. The van der Waals surface area contributed by atoms with Crippen LogP contribution >= 0.6 is 0 Å². The van der Waals surface area contributed by atoms with Gasteiger partial charge in [-0.05, 0) is 6.42 Å². The number of rotatable bonds is 4. The second-order valence-corrected chi connectivity index (χ2v) is 3.57. The molecule has 0 bridgehead atoms. The zero-order valence-electron chi connectivity index (χ0n) is 8.79. The lowest BCUT2D eigenvalue weighted by molar-refractivity contribution is -0.153. The molecule has 4 atom stereocenters. The van der Waals surface area contributed by atoms with Gasteiger partial charge < -0.3 is 25.4 Å². The standard InChI is InChI=1S/C9H15NO6/c1-2-3-10-8(14)6(13)7-4(11)5(12)9(15)16-7/h4-7,11-13H,2-3H2,1H3,(H,10,14)/t4-,5-,6+,7+/m1/s1. The molecule has 1 aliphatic heterocycles. The molecular weight excluding hydrogens is 218 g/mol. The smallest absolute Gasteiger partial charge is 0.338 e. The summed E-state index contributed by atoms with van der Waals surface area (Å²) in [6.45, 7) is 2.20. The number of amides is 1. The van der Waals surface area contributed by atoms with E-state index in [9.17, 15) is 19.8 Å². The molecule has 0 radical (unpaired) electrons. The molecule has 1 rings (SSSR count). The minimum Gasteiger partial charge on any atom is -0.454 e. The van der Waals surface area contributed by atoms with E-state index in [0.717, 1.165) is 0 Å². The Morgan fingerprint density at radius 2 is 2.19 bits per heavy atom. The first kappa shape index (κ1) is 12.9. The van der Waals surface area contributed by atoms with Gasteiger partial charge in [-0.1, -0.05) is 6.92 Å². The van der Waals surface area contributed by atoms with E-state index in [2.05, 4.69) is 10.1 Å². The Hall–Kier alpha value is -1.18. The number of cyclic esters (lactones) is 1. The van der Waals surface area contributed by atoms with E-state index in [1.54, 1.807) is 0 Å². The van der Waals surface area contributed by atoms with Crippen LogP contribution in [0.15, 0.2) is 0 Å². The Morgan fingerprint density at radius 1 is 1.56 bits per heavy atom. The summed E-state index contributed by atoms with van der Waals surface area (Å²) in [5, 5.41) is 30.3. The first-order valence-corrected chi connectivity index (χ1v) is 5.01. The molecule has 7 heteroatoms. The van der Waals surface area contributed by atoms with E-state index in [4.69, 9.17) is 5.11 Å². The van der Waals surface area contributed by atoms with Gasteiger partial charge in [0, 0.05) is 6.54 Å². The predicted octanol–water partition coefficient (Wildman–Crippen LogP) is -2.48. The molecule has 7 nitrogen and oxygen atoms in total. The van der Waals surface area contributed by atoms with Gasteiger partial charge in [0.05, 0.1) is 0 Å². The van der Waals surface area contributed by atoms with Crippen molar-refractivity contribution in [3.8, 4) is 0 Å². The van der Waals surface area contributed by atoms with Gasteiger partial charge in [0.2, 0.25) is 0 Å². The Balaban J connectivity index is 2.57. The molecule has 1 saturated heterocycles. The van der Waals surface area contributed by atoms with Crippen LogP contribution in [0.1, 0.15) is 13.3 Å². The Labute approximate surface area is 92.0 Å². The van der Waals surface area contributed by atoms with Gasteiger partial charge in [0.15, 0.2) is 18.3 Å². The van der Waals surface area contributed by atoms with Crippen LogP contribution in [-0.2, 0) is 14.3 Å². The highest BCUT2D eigenvalue weighted by Crippen LogP contribution is 2.19. The van der Waals surface area contributed by atoms with Crippen LogP contribution in [0, 0.1) is 0 Å². The van der Waals surface area contributed by atoms with Crippen molar-refractivity contribution in [1.29, 1.82) is 0 Å². The first-order chi connectivity index (χ1) is 7.49. The van der Waals surface area contributed by atoms with Gasteiger partial charge in [0.25, 0.3) is 5.91 Å². The van der Waals surface area contributed by atoms with Gasteiger partial charge in [0.1, 0.15) is 6.10 Å². The zero-order valence-corrected chi connectivity index (χ0v) is 8.79. The van der Waals surface area contributed by atoms with Crippen molar-refractivity contribution >= 4 is 11.9 Å². The van der Waals surface area contributed by atoms with Crippen LogP contribution in [0.5, 0.6) is 0 Å². The van der Waals surface area contributed by atoms with E-state index >= 15 is 0 Å². The number of carbonyl (C=O) groups excluding carboxylic acids is 2. The molecule has 0 aromatic carbocycles. The lowest BCUT2D eigenvalue weighted by Gasteiger charge is -2.19. The molecule has 92 valence electrons. The Kier molecular flexibility index (Phi) is 4.22. The number of aliphatic hydroxyl groups excluding tert-OH is 3. The molecule has 0 saturated carbocycles. The van der Waals surface area contributed by atoms with E-state index in [-0.39, 0.29) is 0 Å². The fraction of sp³-hybridized carbons (Fsp3) is 0.778. The van der Waals surface area contributed by atoms with E-state index in [1.165, 1.54) is 0 Å². The second-order valence-electron chi connectivity index (χ2n) is 3.57. The second kappa shape index (κ2) is 5.24. The quantitative estimate of drug-likeness (QED) is 0.400. The molecule has 0 unspecified atom stereocenters. The molecule has 1 amide bonds. The number of ether oxygens (including phenoxy) is 1. The van der Waals surface area contributed by atoms with Crippen molar-refractivity contribution in [2.24, 2.45) is 0 Å². The van der Waals surface area contributed by atoms with Gasteiger partial charge in [-0.25, -0.2) is 4.79 Å². The summed E-state index contributed by atoms with van der Waals surface area (Å²) in [5.41, 5.74) is 0. The molecule has 0 spiro atoms. The summed E-state index contributed by atoms with van der Waals surface area (Å²) in [7, 11) is 0. The van der Waals surface area contributed by atoms with Crippen molar-refractivity contribution < 1.29 is 29.6 Å². The summed E-state index contributed by atoms with van der Waals surface area (Å²) < 4.78 is 4.50. The van der Waals surface area contributed by atoms with Crippen LogP contribution in [0.4, 0.5) is 0 Å². The highest BCUT2D eigenvalue weighted by Gasteiger charge is 2.48. The first-order valence-electron chi connectivity index (χ1n) is 5.01. The summed E-state index contributed by atoms with van der Waals surface area (Å²) >= 11 is 0. The lowest BCUT2D eigenvalue weighted by atomic mass is 10.1. The van der Waals surface area contributed by atoms with Gasteiger partial charge >= 0.3 is 5.97 Å². The third-order valence-electron chi connectivity index (χ3n) is 2.28. The minimum atomic E-state index is -1.71. The SMILES string of the molecule is CCCNC(=O)[C@@H](O)[C@H]1OC(=O)[C@H](O)[C@H]1O. The highest BCUT2D eigenvalue weighted by atomic mass is 16.6. The van der Waals surface area contributed by atoms with Crippen molar-refractivity contribution in [2.45, 2.75) is 37.8 Å². The third-order valence-corrected chi connectivity index (χ3v) is 2.28. The molecule has 1 fully saturated rings. The van der Waals surface area contributed by atoms with E-state index in [1.807, 2.05) is 6.92 Å². The third kappa shape index (κ3) is 2.49. The molecule has 16 heavy (non-hydrogen) atoms. The van der Waals surface area contributed by atoms with Gasteiger partial charge in [-0.2, -0.15) is 0 Å². The largest absolute Gasteiger partial charge is 0.454 e. The molecule has 0 aromatic heterocycles. The lowest BCUT2D eigenvalue weighted by Crippen LogP contribution is -2.47. The fourth-order valence-corrected chi connectivity index (χ4v) is 1.35. The molecule has 1 heterocycles. The van der Waals surface area contributed by atoms with Crippen molar-refractivity contribution in [3.05, 3.63) is 0 Å². The average molecular weight is 233 g/mol. The number of hydrogen-bond acceptors (Lipinski definition) is 6. The van der Waals surface area contributed by atoms with Crippen molar-refractivity contribution in [3.63, 3.8) is 0 Å². The number of esters is 1. The molecule has 0 aromatic rings. The monoisotopic (exact) mass is 233 g/mol. The summed E-state index contributed by atoms with van der Waals surface area (Å²) in [5.74, 6) is -1.78. The number of aliphatic hydroxyl groups is 3. The molecular formula is C9H15NO6. The minimum absolute atomic E-state index is 0.370. The van der Waals surface area contributed by atoms with Gasteiger partial charge in [-0.15, -0.1) is 0 Å². The average Bonchev–Trinajstić information content (AvgIpc) is 2.52. The Morgan fingerprint density at radius 3 is 2.62 bits per heavy atom. The van der Waals surface area contributed by atoms with Gasteiger partial charge in [-0.3, -0.25) is 4.79 Å². The maximum absolute atomic E-state index is 11.3. The molecule has 4 N–H and O–H groups in total. The summed E-state index contributed by atoms with van der Waals surface area (Å²) in [4.78, 5) is 22.2. The van der Waals surface area contributed by atoms with Crippen LogP contribution in [0.2, 0.25) is 0 Å². The van der Waals surface area contributed by atoms with Crippen LogP contribution in [-0.4, -0.2) is 58.2 Å². The number of hydrogen-bond donors (Lipinski definition) is 4.